The molecule has 2 rings (SSSR count). The highest BCUT2D eigenvalue weighted by Gasteiger charge is 2.47. The molecule has 2 fully saturated rings. The smallest absolute Gasteiger partial charge is 0.201 e. The quantitative estimate of drug-likeness (QED) is 0.618. The number of fused-ring (bicyclic) bond motifs is 1. The molecule has 0 aliphatic heterocycles. The van der Waals surface area contributed by atoms with Crippen LogP contribution in [0.3, 0.4) is 0 Å². The van der Waals surface area contributed by atoms with Gasteiger partial charge in [-0.1, -0.05) is 0 Å². The summed E-state index contributed by atoms with van der Waals surface area (Å²) in [6, 6.07) is 0. The molecule has 0 aromatic heterocycles. The van der Waals surface area contributed by atoms with Crippen molar-refractivity contribution >= 4 is 0 Å². The molecule has 2 saturated carbocycles. The van der Waals surface area contributed by atoms with Crippen LogP contribution >= 0.6 is 0 Å². The molecular formula is C11H19O2. The van der Waals surface area contributed by atoms with Crippen molar-refractivity contribution in [1.29, 1.82) is 0 Å². The molecule has 75 valence electrons. The molecule has 1 radical (unpaired) electrons. The number of hydrogen-bond acceptors (Lipinski definition) is 1. The van der Waals surface area contributed by atoms with E-state index in [9.17, 15) is 5.11 Å². The van der Waals surface area contributed by atoms with Gasteiger partial charge in [0.25, 0.3) is 0 Å². The zero-order valence-electron chi connectivity index (χ0n) is 8.58. The Morgan fingerprint density at radius 2 is 1.85 bits per heavy atom. The Balaban J connectivity index is 1.93. The van der Waals surface area contributed by atoms with E-state index in [1.54, 1.807) is 6.92 Å². The van der Waals surface area contributed by atoms with E-state index in [0.717, 1.165) is 24.7 Å². The van der Waals surface area contributed by atoms with Gasteiger partial charge >= 0.3 is 0 Å². The van der Waals surface area contributed by atoms with E-state index in [1.165, 1.54) is 12.8 Å². The molecule has 0 saturated heterocycles. The lowest BCUT2D eigenvalue weighted by Crippen LogP contribution is -2.34. The second kappa shape index (κ2) is 3.25. The lowest BCUT2D eigenvalue weighted by molar-refractivity contribution is -0.256. The first-order valence-corrected chi connectivity index (χ1v) is 5.48. The molecule has 0 aromatic rings. The van der Waals surface area contributed by atoms with Crippen LogP contribution in [0.1, 0.15) is 39.5 Å². The predicted octanol–water partition coefficient (Wildman–Crippen LogP) is 2.61. The molecule has 0 amide bonds. The van der Waals surface area contributed by atoms with Crippen LogP contribution in [0.4, 0.5) is 0 Å². The van der Waals surface area contributed by atoms with Gasteiger partial charge in [0.1, 0.15) is 0 Å². The number of rotatable bonds is 3. The van der Waals surface area contributed by atoms with E-state index in [-0.39, 0.29) is 5.92 Å². The molecule has 2 aliphatic rings. The van der Waals surface area contributed by atoms with Crippen LogP contribution in [0.2, 0.25) is 0 Å². The highest BCUT2D eigenvalue weighted by atomic mass is 16.6. The third-order valence-corrected chi connectivity index (χ3v) is 3.92. The Bertz CT molecular complexity index is 177. The second-order valence-electron chi connectivity index (χ2n) is 4.71. The largest absolute Gasteiger partial charge is 0.348 e. The van der Waals surface area contributed by atoms with Gasteiger partial charge in [0.15, 0.2) is 0 Å². The molecule has 0 bridgehead atoms. The maximum atomic E-state index is 12.0. The minimum absolute atomic E-state index is 0.268. The van der Waals surface area contributed by atoms with Crippen molar-refractivity contribution in [1.82, 2.24) is 0 Å². The monoisotopic (exact) mass is 183 g/mol. The summed E-state index contributed by atoms with van der Waals surface area (Å²) in [5.41, 5.74) is 0. The minimum Gasteiger partial charge on any atom is -0.348 e. The van der Waals surface area contributed by atoms with E-state index < -0.39 is 5.79 Å². The summed E-state index contributed by atoms with van der Waals surface area (Å²) in [6.45, 7) is 4.16. The van der Waals surface area contributed by atoms with Crippen molar-refractivity contribution in [2.75, 3.05) is 6.61 Å². The first-order valence-electron chi connectivity index (χ1n) is 5.48. The summed E-state index contributed by atoms with van der Waals surface area (Å²) in [7, 11) is 0. The summed E-state index contributed by atoms with van der Waals surface area (Å²) in [5.74, 6) is 0.869. The summed E-state index contributed by atoms with van der Waals surface area (Å²) >= 11 is 0. The molecule has 0 spiro atoms. The molecular weight excluding hydrogens is 164 g/mol. The van der Waals surface area contributed by atoms with Gasteiger partial charge in [0.2, 0.25) is 5.79 Å². The van der Waals surface area contributed by atoms with E-state index >= 15 is 0 Å². The van der Waals surface area contributed by atoms with Gasteiger partial charge in [-0.15, -0.1) is 0 Å². The SMILES string of the molecule is CCO[C@@](C)([O])C1CC2CCC2C1. The normalized spacial score (nSPS) is 42.2. The van der Waals surface area contributed by atoms with Gasteiger partial charge in [0, 0.05) is 12.5 Å². The van der Waals surface area contributed by atoms with Crippen LogP contribution in [-0.2, 0) is 9.84 Å². The molecule has 2 unspecified atom stereocenters. The van der Waals surface area contributed by atoms with Gasteiger partial charge < -0.3 is 4.74 Å². The van der Waals surface area contributed by atoms with Gasteiger partial charge in [0.05, 0.1) is 0 Å². The van der Waals surface area contributed by atoms with Gasteiger partial charge in [-0.3, -0.25) is 0 Å². The van der Waals surface area contributed by atoms with Crippen LogP contribution < -0.4 is 0 Å². The Morgan fingerprint density at radius 1 is 1.31 bits per heavy atom. The number of ether oxygens (including phenoxy) is 1. The highest BCUT2D eigenvalue weighted by molar-refractivity contribution is 4.94. The fraction of sp³-hybridized carbons (Fsp3) is 1.00. The molecule has 2 heteroatoms. The van der Waals surface area contributed by atoms with Crippen molar-refractivity contribution in [3.8, 4) is 0 Å². The van der Waals surface area contributed by atoms with E-state index in [4.69, 9.17) is 4.74 Å². The molecule has 13 heavy (non-hydrogen) atoms. The van der Waals surface area contributed by atoms with Crippen LogP contribution in [0.15, 0.2) is 0 Å². The van der Waals surface area contributed by atoms with E-state index in [0.29, 0.717) is 6.61 Å². The van der Waals surface area contributed by atoms with Gasteiger partial charge in [-0.2, -0.15) is 5.11 Å². The highest BCUT2D eigenvalue weighted by Crippen LogP contribution is 2.52. The second-order valence-corrected chi connectivity index (χ2v) is 4.71. The Kier molecular flexibility index (Phi) is 2.37. The lowest BCUT2D eigenvalue weighted by Gasteiger charge is -2.29. The topological polar surface area (TPSA) is 29.1 Å². The van der Waals surface area contributed by atoms with Gasteiger partial charge in [-0.05, 0) is 51.4 Å². The van der Waals surface area contributed by atoms with Gasteiger partial charge in [-0.25, -0.2) is 0 Å². The Labute approximate surface area is 80.3 Å². The minimum atomic E-state index is -1.12. The summed E-state index contributed by atoms with van der Waals surface area (Å²) in [5, 5.41) is 12.0. The zero-order valence-corrected chi connectivity index (χ0v) is 8.58. The first-order chi connectivity index (χ1) is 6.13. The molecule has 0 N–H and O–H groups in total. The molecule has 0 heterocycles. The maximum Gasteiger partial charge on any atom is 0.201 e. The van der Waals surface area contributed by atoms with E-state index in [1.807, 2.05) is 6.92 Å². The maximum absolute atomic E-state index is 12.0. The summed E-state index contributed by atoms with van der Waals surface area (Å²) < 4.78 is 5.28. The first kappa shape index (κ1) is 9.47. The van der Waals surface area contributed by atoms with Crippen LogP contribution in [0, 0.1) is 17.8 Å². The molecule has 0 aromatic carbocycles. The molecule has 3 atom stereocenters. The predicted molar refractivity (Wildman–Crippen MR) is 49.7 cm³/mol. The van der Waals surface area contributed by atoms with Crippen LogP contribution in [-0.4, -0.2) is 12.4 Å². The van der Waals surface area contributed by atoms with Crippen molar-refractivity contribution in [3.05, 3.63) is 0 Å². The summed E-state index contributed by atoms with van der Waals surface area (Å²) in [4.78, 5) is 0. The van der Waals surface area contributed by atoms with Crippen molar-refractivity contribution in [2.45, 2.75) is 45.3 Å². The number of hydrogen-bond donors (Lipinski definition) is 0. The lowest BCUT2D eigenvalue weighted by atomic mass is 9.77. The summed E-state index contributed by atoms with van der Waals surface area (Å²) in [6.07, 6.45) is 4.93. The Hall–Kier alpha value is -0.0800. The van der Waals surface area contributed by atoms with Crippen molar-refractivity contribution in [2.24, 2.45) is 17.8 Å². The standard InChI is InChI=1S/C11H19O2/c1-3-13-11(2,12)10-6-8-4-5-9(8)7-10/h8-10H,3-7H2,1-2H3/t8?,9?,10?,11-/m1/s1. The van der Waals surface area contributed by atoms with Crippen LogP contribution in [0.5, 0.6) is 0 Å². The third-order valence-electron chi connectivity index (χ3n) is 3.92. The Morgan fingerprint density at radius 3 is 2.23 bits per heavy atom. The molecule has 2 aliphatic carbocycles. The van der Waals surface area contributed by atoms with Crippen molar-refractivity contribution < 1.29 is 9.84 Å². The third kappa shape index (κ3) is 1.62. The van der Waals surface area contributed by atoms with Crippen LogP contribution in [0.25, 0.3) is 0 Å². The van der Waals surface area contributed by atoms with E-state index in [2.05, 4.69) is 0 Å². The van der Waals surface area contributed by atoms with Crippen molar-refractivity contribution in [3.63, 3.8) is 0 Å². The fourth-order valence-corrected chi connectivity index (χ4v) is 2.92. The average molecular weight is 183 g/mol. The average Bonchev–Trinajstić information content (AvgIpc) is 2.28. The molecule has 2 nitrogen and oxygen atoms in total. The zero-order chi connectivity index (χ0) is 9.47. The fourth-order valence-electron chi connectivity index (χ4n) is 2.92.